The van der Waals surface area contributed by atoms with Gasteiger partial charge in [-0.25, -0.2) is 13.6 Å². The minimum absolute atomic E-state index is 0.153. The summed E-state index contributed by atoms with van der Waals surface area (Å²) in [4.78, 5) is 11.0. The summed E-state index contributed by atoms with van der Waals surface area (Å²) in [6.07, 6.45) is -0.882. The van der Waals surface area contributed by atoms with Gasteiger partial charge in [0.25, 0.3) is 0 Å². The number of rotatable bonds is 1. The normalized spacial score (nSPS) is 22.8. The lowest BCUT2D eigenvalue weighted by Gasteiger charge is -2.31. The van der Waals surface area contributed by atoms with E-state index in [0.717, 1.165) is 0 Å². The standard InChI is InChI=1S/C10H7Cl2F2NO2/c11-6-2-1-5(3-7(6)12)8-10(13,14)4-17-9(16)15-8/h1-3,8H,4H2,(H,15,16)/t8-/m1/s1. The van der Waals surface area contributed by atoms with Crippen LogP contribution in [-0.4, -0.2) is 18.6 Å². The molecule has 92 valence electrons. The minimum Gasteiger partial charge on any atom is -0.443 e. The molecule has 1 aromatic rings. The number of cyclic esters (lactones) is 1. The highest BCUT2D eigenvalue weighted by Crippen LogP contribution is 2.36. The Labute approximate surface area is 106 Å². The van der Waals surface area contributed by atoms with Crippen molar-refractivity contribution in [2.24, 2.45) is 0 Å². The Morgan fingerprint density at radius 2 is 2.06 bits per heavy atom. The maximum Gasteiger partial charge on any atom is 0.408 e. The first kappa shape index (κ1) is 12.4. The summed E-state index contributed by atoms with van der Waals surface area (Å²) in [5.41, 5.74) is 0.182. The number of benzene rings is 1. The summed E-state index contributed by atoms with van der Waals surface area (Å²) in [6.45, 7) is -0.955. The van der Waals surface area contributed by atoms with Crippen LogP contribution < -0.4 is 5.32 Å². The number of alkyl carbamates (subject to hydrolysis) is 1. The molecule has 1 fully saturated rings. The summed E-state index contributed by atoms with van der Waals surface area (Å²) in [6, 6.07) is 2.63. The molecular weight excluding hydrogens is 275 g/mol. The summed E-state index contributed by atoms with van der Waals surface area (Å²) >= 11 is 11.4. The number of amides is 1. The third kappa shape index (κ3) is 2.45. The van der Waals surface area contributed by atoms with Crippen LogP contribution in [0.4, 0.5) is 13.6 Å². The van der Waals surface area contributed by atoms with E-state index in [9.17, 15) is 13.6 Å². The monoisotopic (exact) mass is 281 g/mol. The molecule has 1 atom stereocenters. The molecule has 1 aliphatic rings. The second-order valence-electron chi connectivity index (χ2n) is 3.59. The van der Waals surface area contributed by atoms with Crippen LogP contribution in [0.15, 0.2) is 18.2 Å². The van der Waals surface area contributed by atoms with Crippen LogP contribution in [0.1, 0.15) is 11.6 Å². The molecule has 7 heteroatoms. The molecule has 3 nitrogen and oxygen atoms in total. The van der Waals surface area contributed by atoms with Gasteiger partial charge in [-0.15, -0.1) is 0 Å². The van der Waals surface area contributed by atoms with Crippen LogP contribution in [0, 0.1) is 0 Å². The molecule has 1 aliphatic heterocycles. The molecule has 1 heterocycles. The molecule has 0 aromatic heterocycles. The van der Waals surface area contributed by atoms with Gasteiger partial charge in [-0.2, -0.15) is 0 Å². The fraction of sp³-hybridized carbons (Fsp3) is 0.300. The van der Waals surface area contributed by atoms with Gasteiger partial charge in [0.2, 0.25) is 0 Å². The van der Waals surface area contributed by atoms with E-state index in [2.05, 4.69) is 10.1 Å². The largest absolute Gasteiger partial charge is 0.443 e. The van der Waals surface area contributed by atoms with E-state index in [4.69, 9.17) is 23.2 Å². The quantitative estimate of drug-likeness (QED) is 0.857. The highest BCUT2D eigenvalue weighted by Gasteiger charge is 2.46. The molecule has 0 saturated carbocycles. The van der Waals surface area contributed by atoms with E-state index >= 15 is 0 Å². The maximum atomic E-state index is 13.5. The van der Waals surface area contributed by atoms with E-state index in [1.54, 1.807) is 0 Å². The lowest BCUT2D eigenvalue weighted by atomic mass is 10.0. The highest BCUT2D eigenvalue weighted by atomic mass is 35.5. The maximum absolute atomic E-state index is 13.5. The fourth-order valence-electron chi connectivity index (χ4n) is 1.53. The third-order valence-electron chi connectivity index (χ3n) is 2.36. The Morgan fingerprint density at radius 1 is 1.35 bits per heavy atom. The smallest absolute Gasteiger partial charge is 0.408 e. The zero-order valence-corrected chi connectivity index (χ0v) is 9.86. The average Bonchev–Trinajstić information content (AvgIpc) is 2.26. The number of nitrogens with one attached hydrogen (secondary N) is 1. The zero-order chi connectivity index (χ0) is 12.6. The summed E-state index contributed by atoms with van der Waals surface area (Å²) in [5.74, 6) is -3.19. The van der Waals surface area contributed by atoms with Gasteiger partial charge in [-0.05, 0) is 17.7 Å². The number of carbonyl (C=O) groups is 1. The van der Waals surface area contributed by atoms with Crippen LogP contribution >= 0.6 is 23.2 Å². The number of halogens is 4. The first-order valence-corrected chi connectivity index (χ1v) is 5.42. The Bertz CT molecular complexity index is 468. The topological polar surface area (TPSA) is 38.3 Å². The molecule has 1 N–H and O–H groups in total. The van der Waals surface area contributed by atoms with E-state index in [0.29, 0.717) is 0 Å². The molecular formula is C10H7Cl2F2NO2. The lowest BCUT2D eigenvalue weighted by molar-refractivity contribution is -0.104. The predicted molar refractivity (Wildman–Crippen MR) is 58.6 cm³/mol. The summed E-state index contributed by atoms with van der Waals surface area (Å²) in [7, 11) is 0. The van der Waals surface area contributed by atoms with Crippen molar-refractivity contribution >= 4 is 29.3 Å². The van der Waals surface area contributed by atoms with E-state index in [1.807, 2.05) is 0 Å². The SMILES string of the molecule is O=C1N[C@H](c2ccc(Cl)c(Cl)c2)C(F)(F)CO1. The number of carbonyl (C=O) groups excluding carboxylic acids is 1. The van der Waals surface area contributed by atoms with Crippen LogP contribution in [0.2, 0.25) is 10.0 Å². The van der Waals surface area contributed by atoms with Crippen molar-refractivity contribution in [1.82, 2.24) is 5.32 Å². The van der Waals surface area contributed by atoms with Crippen LogP contribution in [0.5, 0.6) is 0 Å². The Hall–Kier alpha value is -1.07. The first-order chi connectivity index (χ1) is 7.90. The number of hydrogen-bond acceptors (Lipinski definition) is 2. The van der Waals surface area contributed by atoms with Gasteiger partial charge in [-0.3, -0.25) is 0 Å². The third-order valence-corrected chi connectivity index (χ3v) is 3.10. The molecule has 17 heavy (non-hydrogen) atoms. The van der Waals surface area contributed by atoms with Gasteiger partial charge < -0.3 is 10.1 Å². The minimum atomic E-state index is -3.19. The van der Waals surface area contributed by atoms with Crippen molar-refractivity contribution in [3.8, 4) is 0 Å². The predicted octanol–water partition coefficient (Wildman–Crippen LogP) is 3.41. The van der Waals surface area contributed by atoms with Gasteiger partial charge in [0.05, 0.1) is 10.0 Å². The molecule has 0 radical (unpaired) electrons. The molecule has 0 unspecified atom stereocenters. The van der Waals surface area contributed by atoms with Gasteiger partial charge in [0.1, 0.15) is 6.04 Å². The average molecular weight is 282 g/mol. The van der Waals surface area contributed by atoms with Crippen molar-refractivity contribution in [3.05, 3.63) is 33.8 Å². The van der Waals surface area contributed by atoms with Crippen molar-refractivity contribution < 1.29 is 18.3 Å². The second kappa shape index (κ2) is 4.31. The van der Waals surface area contributed by atoms with Gasteiger partial charge >= 0.3 is 12.0 Å². The Balaban J connectivity index is 2.36. The molecule has 0 aliphatic carbocycles. The van der Waals surface area contributed by atoms with Crippen LogP contribution in [-0.2, 0) is 4.74 Å². The van der Waals surface area contributed by atoms with Crippen LogP contribution in [0.25, 0.3) is 0 Å². The molecule has 0 bridgehead atoms. The summed E-state index contributed by atoms with van der Waals surface area (Å²) in [5, 5.41) is 2.47. The van der Waals surface area contributed by atoms with E-state index in [1.165, 1.54) is 18.2 Å². The molecule has 0 spiro atoms. The van der Waals surface area contributed by atoms with E-state index in [-0.39, 0.29) is 15.6 Å². The Morgan fingerprint density at radius 3 is 2.71 bits per heavy atom. The molecule has 1 saturated heterocycles. The van der Waals surface area contributed by atoms with Gasteiger partial charge in [0, 0.05) is 0 Å². The highest BCUT2D eigenvalue weighted by molar-refractivity contribution is 6.42. The molecule has 1 amide bonds. The van der Waals surface area contributed by atoms with Gasteiger partial charge in [0.15, 0.2) is 6.61 Å². The van der Waals surface area contributed by atoms with Crippen molar-refractivity contribution in [2.75, 3.05) is 6.61 Å². The first-order valence-electron chi connectivity index (χ1n) is 4.66. The lowest BCUT2D eigenvalue weighted by Crippen LogP contribution is -2.49. The fourth-order valence-corrected chi connectivity index (χ4v) is 1.84. The summed E-state index contributed by atoms with van der Waals surface area (Å²) < 4.78 is 31.3. The Kier molecular flexibility index (Phi) is 3.14. The molecule has 2 rings (SSSR count). The molecule has 1 aromatic carbocycles. The van der Waals surface area contributed by atoms with Crippen molar-refractivity contribution in [1.29, 1.82) is 0 Å². The zero-order valence-electron chi connectivity index (χ0n) is 8.34. The van der Waals surface area contributed by atoms with Gasteiger partial charge in [-0.1, -0.05) is 29.3 Å². The van der Waals surface area contributed by atoms with E-state index < -0.39 is 24.7 Å². The number of hydrogen-bond donors (Lipinski definition) is 1. The van der Waals surface area contributed by atoms with Crippen molar-refractivity contribution in [3.63, 3.8) is 0 Å². The second-order valence-corrected chi connectivity index (χ2v) is 4.40. The van der Waals surface area contributed by atoms with Crippen LogP contribution in [0.3, 0.4) is 0 Å². The van der Waals surface area contributed by atoms with Crippen molar-refractivity contribution in [2.45, 2.75) is 12.0 Å². The number of alkyl halides is 2. The number of ether oxygens (including phenoxy) is 1.